The van der Waals surface area contributed by atoms with Gasteiger partial charge in [-0.2, -0.15) is 0 Å². The second kappa shape index (κ2) is 24.4. The number of halogens is 2. The Morgan fingerprint density at radius 3 is 0.922 bits per heavy atom. The minimum Gasteiger partial charge on any atom is -0.0654 e. The maximum Gasteiger partial charge on any atom is 0.0216 e. The van der Waals surface area contributed by atoms with Crippen molar-refractivity contribution in [2.24, 2.45) is 0 Å². The zero-order chi connectivity index (χ0) is 44.8. The maximum absolute atomic E-state index is 3.87. The van der Waals surface area contributed by atoms with E-state index in [1.807, 2.05) is 0 Å². The van der Waals surface area contributed by atoms with Crippen LogP contribution in [-0.4, -0.2) is 0 Å². The molecule has 6 aromatic carbocycles. The molecule has 0 nitrogen and oxygen atoms in total. The van der Waals surface area contributed by atoms with Crippen LogP contribution in [-0.2, 0) is 10.8 Å². The summed E-state index contributed by atoms with van der Waals surface area (Å²) in [4.78, 5) is 0. The maximum atomic E-state index is 3.87. The second-order valence-corrected chi connectivity index (χ2v) is 22.1. The summed E-state index contributed by atoms with van der Waals surface area (Å²) in [6.45, 7) is 9.24. The highest BCUT2D eigenvalue weighted by Crippen LogP contribution is 2.56. The molecule has 6 aromatic rings. The SMILES string of the molecule is CCCCCCCCC1(CCCCCCCC)c2cc(Br)cc3ccc4cc(Br)cc1c4c23.CCCCCCCCC1(CCCCCCCC)c2cccc3ccc4cccc1c4c23. The smallest absolute Gasteiger partial charge is 0.0216 e. The summed E-state index contributed by atoms with van der Waals surface area (Å²) >= 11 is 7.73. The van der Waals surface area contributed by atoms with Crippen molar-refractivity contribution in [2.75, 3.05) is 0 Å². The average Bonchev–Trinajstić information content (AvgIpc) is 3.74. The molecule has 0 bridgehead atoms. The molecule has 0 fully saturated rings. The lowest BCUT2D eigenvalue weighted by atomic mass is 9.70. The normalized spacial score (nSPS) is 14.2. The fraction of sp³-hybridized carbons (Fsp3) is 0.548. The summed E-state index contributed by atoms with van der Waals surface area (Å²) in [5.74, 6) is 0. The highest BCUT2D eigenvalue weighted by molar-refractivity contribution is 9.10. The van der Waals surface area contributed by atoms with Crippen LogP contribution < -0.4 is 0 Å². The van der Waals surface area contributed by atoms with Crippen molar-refractivity contribution in [2.45, 2.75) is 218 Å². The highest BCUT2D eigenvalue weighted by Gasteiger charge is 2.42. The van der Waals surface area contributed by atoms with E-state index in [9.17, 15) is 0 Å². The van der Waals surface area contributed by atoms with E-state index < -0.39 is 0 Å². The molecule has 0 saturated carbocycles. The number of rotatable bonds is 28. The first-order valence-corrected chi connectivity index (χ1v) is 28.3. The molecule has 0 saturated heterocycles. The number of benzene rings is 6. The molecule has 0 N–H and O–H groups in total. The van der Waals surface area contributed by atoms with Gasteiger partial charge in [0.15, 0.2) is 0 Å². The lowest BCUT2D eigenvalue weighted by molar-refractivity contribution is 0.398. The lowest BCUT2D eigenvalue weighted by Gasteiger charge is -2.33. The number of hydrogen-bond donors (Lipinski definition) is 0. The van der Waals surface area contributed by atoms with E-state index in [1.54, 1.807) is 33.0 Å². The molecule has 344 valence electrons. The van der Waals surface area contributed by atoms with Crippen molar-refractivity contribution in [1.82, 2.24) is 0 Å². The van der Waals surface area contributed by atoms with E-state index >= 15 is 0 Å². The van der Waals surface area contributed by atoms with Crippen LogP contribution in [0.2, 0.25) is 0 Å². The van der Waals surface area contributed by atoms with E-state index in [2.05, 4.69) is 144 Å². The Labute approximate surface area is 406 Å². The lowest BCUT2D eigenvalue weighted by Crippen LogP contribution is -2.26. The molecule has 0 aliphatic heterocycles. The molecule has 0 aromatic heterocycles. The van der Waals surface area contributed by atoms with Gasteiger partial charge in [-0.05, 0) is 115 Å². The van der Waals surface area contributed by atoms with Gasteiger partial charge in [0.1, 0.15) is 0 Å². The molecule has 0 unspecified atom stereocenters. The summed E-state index contributed by atoms with van der Waals surface area (Å²) in [7, 11) is 0. The summed E-state index contributed by atoms with van der Waals surface area (Å²) < 4.78 is 2.46. The Kier molecular flexibility index (Phi) is 18.7. The van der Waals surface area contributed by atoms with Crippen LogP contribution in [0.3, 0.4) is 0 Å². The monoisotopic (exact) mass is 984 g/mol. The molecule has 2 heteroatoms. The molecule has 0 amide bonds. The predicted molar refractivity (Wildman–Crippen MR) is 292 cm³/mol. The summed E-state index contributed by atoms with van der Waals surface area (Å²) in [5.41, 5.74) is 6.85. The first-order valence-electron chi connectivity index (χ1n) is 26.7. The fourth-order valence-electron chi connectivity index (χ4n) is 12.4. The van der Waals surface area contributed by atoms with E-state index in [0.717, 1.165) is 0 Å². The largest absolute Gasteiger partial charge is 0.0654 e. The van der Waals surface area contributed by atoms with E-state index in [-0.39, 0.29) is 10.8 Å². The molecule has 8 rings (SSSR count). The minimum absolute atomic E-state index is 0.156. The Hall–Kier alpha value is -2.68. The van der Waals surface area contributed by atoms with Crippen molar-refractivity contribution in [3.63, 3.8) is 0 Å². The van der Waals surface area contributed by atoms with Crippen molar-refractivity contribution in [3.05, 3.63) is 116 Å². The molecular formula is C62H82Br2. The Bertz CT molecular complexity index is 2230. The van der Waals surface area contributed by atoms with E-state index in [1.165, 1.54) is 221 Å². The number of unbranched alkanes of at least 4 members (excludes halogenated alkanes) is 20. The van der Waals surface area contributed by atoms with E-state index in [0.29, 0.717) is 0 Å². The molecule has 2 aliphatic rings. The molecule has 2 aliphatic carbocycles. The third-order valence-corrected chi connectivity index (χ3v) is 16.7. The van der Waals surface area contributed by atoms with Gasteiger partial charge in [0.2, 0.25) is 0 Å². The second-order valence-electron chi connectivity index (χ2n) is 20.3. The molecular weight excluding hydrogens is 904 g/mol. The number of hydrogen-bond acceptors (Lipinski definition) is 0. The van der Waals surface area contributed by atoms with Gasteiger partial charge >= 0.3 is 0 Å². The van der Waals surface area contributed by atoms with Crippen LogP contribution in [0.15, 0.2) is 93.9 Å². The van der Waals surface area contributed by atoms with Crippen molar-refractivity contribution < 1.29 is 0 Å². The van der Waals surface area contributed by atoms with Gasteiger partial charge in [0, 0.05) is 19.8 Å². The van der Waals surface area contributed by atoms with Crippen LogP contribution >= 0.6 is 31.9 Å². The van der Waals surface area contributed by atoms with Crippen LogP contribution in [0.1, 0.15) is 230 Å². The van der Waals surface area contributed by atoms with Gasteiger partial charge in [-0.15, -0.1) is 0 Å². The standard InChI is InChI=1S/C31H40Br2.C31H42/c1-3-5-7-9-11-13-17-31(18-14-12-10-8-6-4-2)27-21-25(32)19-23-15-16-24-20-26(33)22-28(31)30(24)29(23)27;1-3-5-7-9-11-13-23-31(24-14-12-10-8-6-4-2)27-19-15-17-25-21-22-26-18-16-20-28(31)30(26)29(25)27/h15-16,19-22H,3-14,17-18H2,1-2H3;15-22H,3-14,23-24H2,1-2H3. The Morgan fingerprint density at radius 2 is 0.578 bits per heavy atom. The zero-order valence-corrected chi connectivity index (χ0v) is 43.8. The van der Waals surface area contributed by atoms with Gasteiger partial charge in [-0.25, -0.2) is 0 Å². The topological polar surface area (TPSA) is 0 Å². The third kappa shape index (κ3) is 11.0. The molecule has 0 radical (unpaired) electrons. The van der Waals surface area contributed by atoms with Crippen LogP contribution in [0, 0.1) is 0 Å². The van der Waals surface area contributed by atoms with Gasteiger partial charge in [0.25, 0.3) is 0 Å². The van der Waals surface area contributed by atoms with Crippen molar-refractivity contribution in [3.8, 4) is 0 Å². The zero-order valence-electron chi connectivity index (χ0n) is 40.6. The van der Waals surface area contributed by atoms with Gasteiger partial charge in [-0.1, -0.05) is 274 Å². The predicted octanol–water partition coefficient (Wildman–Crippen LogP) is 21.7. The van der Waals surface area contributed by atoms with E-state index in [4.69, 9.17) is 0 Å². The Morgan fingerprint density at radius 1 is 0.297 bits per heavy atom. The highest BCUT2D eigenvalue weighted by atomic mass is 79.9. The molecule has 64 heavy (non-hydrogen) atoms. The van der Waals surface area contributed by atoms with Gasteiger partial charge in [-0.3, -0.25) is 0 Å². The van der Waals surface area contributed by atoms with Crippen LogP contribution in [0.4, 0.5) is 0 Å². The van der Waals surface area contributed by atoms with Gasteiger partial charge in [0.05, 0.1) is 0 Å². The first kappa shape index (κ1) is 49.2. The summed E-state index contributed by atoms with van der Waals surface area (Å²) in [6, 6.07) is 33.1. The quantitative estimate of drug-likeness (QED) is 0.0339. The first-order chi connectivity index (χ1) is 31.4. The Balaban J connectivity index is 0.000000192. The van der Waals surface area contributed by atoms with Crippen molar-refractivity contribution in [1.29, 1.82) is 0 Å². The van der Waals surface area contributed by atoms with Crippen LogP contribution in [0.5, 0.6) is 0 Å². The van der Waals surface area contributed by atoms with Crippen LogP contribution in [0.25, 0.3) is 43.1 Å². The van der Waals surface area contributed by atoms with Crippen molar-refractivity contribution >= 4 is 74.9 Å². The fourth-order valence-corrected chi connectivity index (χ4v) is 13.4. The molecule has 0 spiro atoms. The molecule has 0 atom stereocenters. The minimum atomic E-state index is 0.156. The summed E-state index contributed by atoms with van der Waals surface area (Å²) in [6.07, 6.45) is 38.1. The average molecular weight is 987 g/mol. The third-order valence-electron chi connectivity index (χ3n) is 15.7. The molecule has 0 heterocycles. The summed E-state index contributed by atoms with van der Waals surface area (Å²) in [5, 5.41) is 11.8. The van der Waals surface area contributed by atoms with Gasteiger partial charge < -0.3 is 0 Å².